The number of halogens is 4. The van der Waals surface area contributed by atoms with E-state index in [1.807, 2.05) is 0 Å². The average Bonchev–Trinajstić information content (AvgIpc) is 3.43. The van der Waals surface area contributed by atoms with Crippen LogP contribution in [0.5, 0.6) is 0 Å². The summed E-state index contributed by atoms with van der Waals surface area (Å²) < 4.78 is 53.2. The fourth-order valence-corrected chi connectivity index (χ4v) is 5.94. The Morgan fingerprint density at radius 3 is 2.13 bits per heavy atom. The molecular weight excluding hydrogens is 520 g/mol. The van der Waals surface area contributed by atoms with E-state index >= 15 is 0 Å². The summed E-state index contributed by atoms with van der Waals surface area (Å²) in [7, 11) is 0. The number of amides is 2. The number of carbonyl (C=O) groups excluding carboxylic acids is 2. The zero-order chi connectivity index (χ0) is 26.9. The maximum Gasteiger partial charge on any atom is 0.417 e. The van der Waals surface area contributed by atoms with Crippen LogP contribution in [-0.4, -0.2) is 65.9 Å². The highest BCUT2D eigenvalue weighted by Gasteiger charge is 2.37. The molecule has 2 amide bonds. The lowest BCUT2D eigenvalue weighted by Crippen LogP contribution is -2.48. The number of piperazine rings is 1. The number of nitrogens with zero attached hydrogens (tertiary/aromatic N) is 4. The molecule has 0 bridgehead atoms. The van der Waals surface area contributed by atoms with Gasteiger partial charge in [0.15, 0.2) is 0 Å². The van der Waals surface area contributed by atoms with Gasteiger partial charge in [-0.3, -0.25) is 9.59 Å². The summed E-state index contributed by atoms with van der Waals surface area (Å²) in [6.07, 6.45) is -3.46. The molecule has 2 aliphatic heterocycles. The Balaban J connectivity index is 1.16. The zero-order valence-corrected chi connectivity index (χ0v) is 21.3. The van der Waals surface area contributed by atoms with Crippen molar-refractivity contribution in [2.24, 2.45) is 0 Å². The number of anilines is 1. The minimum atomic E-state index is -4.60. The van der Waals surface area contributed by atoms with Gasteiger partial charge in [0.05, 0.1) is 16.1 Å². The second-order valence-corrected chi connectivity index (χ2v) is 10.3. The highest BCUT2D eigenvalue weighted by atomic mass is 32.1. The van der Waals surface area contributed by atoms with Gasteiger partial charge in [-0.05, 0) is 49.2 Å². The summed E-state index contributed by atoms with van der Waals surface area (Å²) in [6, 6.07) is 11.2. The molecule has 11 heteroatoms. The summed E-state index contributed by atoms with van der Waals surface area (Å²) in [4.78, 5) is 35.8. The summed E-state index contributed by atoms with van der Waals surface area (Å²) in [5.74, 6) is -1.00. The predicted octanol–water partition coefficient (Wildman–Crippen LogP) is 5.28. The van der Waals surface area contributed by atoms with Crippen LogP contribution >= 0.6 is 11.3 Å². The van der Waals surface area contributed by atoms with E-state index in [1.165, 1.54) is 46.6 Å². The van der Waals surface area contributed by atoms with Gasteiger partial charge < -0.3 is 14.7 Å². The number of thiazole rings is 1. The first-order valence-electron chi connectivity index (χ1n) is 12.4. The molecule has 38 heavy (non-hydrogen) atoms. The fraction of sp³-hybridized carbons (Fsp3) is 0.370. The lowest BCUT2D eigenvalue weighted by Gasteiger charge is -2.35. The minimum Gasteiger partial charge on any atom is -0.368 e. The van der Waals surface area contributed by atoms with Gasteiger partial charge in [0.2, 0.25) is 0 Å². The Morgan fingerprint density at radius 2 is 1.47 bits per heavy atom. The first-order chi connectivity index (χ1) is 18.2. The van der Waals surface area contributed by atoms with Crippen LogP contribution in [0.3, 0.4) is 0 Å². The Kier molecular flexibility index (Phi) is 7.38. The second kappa shape index (κ2) is 10.7. The van der Waals surface area contributed by atoms with Crippen LogP contribution in [0.15, 0.2) is 53.9 Å². The van der Waals surface area contributed by atoms with Gasteiger partial charge in [0.25, 0.3) is 11.8 Å². The number of hydrogen-bond donors (Lipinski definition) is 0. The van der Waals surface area contributed by atoms with E-state index < -0.39 is 17.6 Å². The molecule has 0 aliphatic carbocycles. The summed E-state index contributed by atoms with van der Waals surface area (Å²) in [6.45, 7) is 2.98. The molecule has 6 nitrogen and oxygen atoms in total. The van der Waals surface area contributed by atoms with Crippen LogP contribution in [0.2, 0.25) is 0 Å². The average molecular weight is 547 g/mol. The molecule has 0 atom stereocenters. The number of likely N-dealkylation sites (tertiary alicyclic amines) is 1. The summed E-state index contributed by atoms with van der Waals surface area (Å²) in [5, 5.41) is 2.56. The molecule has 3 aromatic rings. The normalized spacial score (nSPS) is 17.1. The van der Waals surface area contributed by atoms with Crippen LogP contribution in [0, 0.1) is 5.82 Å². The lowest BCUT2D eigenvalue weighted by molar-refractivity contribution is -0.138. The second-order valence-electron chi connectivity index (χ2n) is 9.44. The summed E-state index contributed by atoms with van der Waals surface area (Å²) in [5.41, 5.74) is 0.0489. The topological polar surface area (TPSA) is 56.8 Å². The van der Waals surface area contributed by atoms with Gasteiger partial charge >= 0.3 is 6.18 Å². The van der Waals surface area contributed by atoms with Crippen molar-refractivity contribution in [2.45, 2.75) is 24.9 Å². The maximum atomic E-state index is 13.3. The van der Waals surface area contributed by atoms with Crippen molar-refractivity contribution in [3.8, 4) is 0 Å². The number of carbonyl (C=O) groups is 2. The quantitative estimate of drug-likeness (QED) is 0.418. The molecule has 0 spiro atoms. The van der Waals surface area contributed by atoms with Crippen molar-refractivity contribution >= 4 is 28.8 Å². The van der Waals surface area contributed by atoms with Crippen LogP contribution in [0.1, 0.15) is 50.2 Å². The molecule has 2 fully saturated rings. The van der Waals surface area contributed by atoms with Crippen molar-refractivity contribution in [1.29, 1.82) is 0 Å². The molecule has 0 saturated carbocycles. The van der Waals surface area contributed by atoms with E-state index in [4.69, 9.17) is 0 Å². The molecule has 0 N–H and O–H groups in total. The Labute approximate surface area is 221 Å². The fourth-order valence-electron chi connectivity index (χ4n) is 4.97. The smallest absolute Gasteiger partial charge is 0.368 e. The first kappa shape index (κ1) is 26.1. The molecule has 1 aromatic heterocycles. The molecule has 200 valence electrons. The van der Waals surface area contributed by atoms with E-state index in [-0.39, 0.29) is 23.2 Å². The van der Waals surface area contributed by atoms with Gasteiger partial charge in [-0.1, -0.05) is 12.1 Å². The van der Waals surface area contributed by atoms with E-state index in [0.717, 1.165) is 16.8 Å². The maximum absolute atomic E-state index is 13.3. The van der Waals surface area contributed by atoms with E-state index in [2.05, 4.69) is 9.88 Å². The third-order valence-electron chi connectivity index (χ3n) is 7.09. The van der Waals surface area contributed by atoms with Gasteiger partial charge in [-0.25, -0.2) is 9.37 Å². The Hall–Kier alpha value is -3.47. The van der Waals surface area contributed by atoms with E-state index in [9.17, 15) is 27.2 Å². The Morgan fingerprint density at radius 1 is 0.842 bits per heavy atom. The predicted molar refractivity (Wildman–Crippen MR) is 136 cm³/mol. The largest absolute Gasteiger partial charge is 0.417 e. The van der Waals surface area contributed by atoms with Gasteiger partial charge in [-0.2, -0.15) is 13.2 Å². The van der Waals surface area contributed by atoms with E-state index in [1.54, 1.807) is 22.4 Å². The van der Waals surface area contributed by atoms with Crippen LogP contribution in [0.25, 0.3) is 0 Å². The number of piperidine rings is 1. The number of aromatic nitrogens is 1. The van der Waals surface area contributed by atoms with Crippen molar-refractivity contribution in [2.75, 3.05) is 44.2 Å². The number of benzene rings is 2. The van der Waals surface area contributed by atoms with Crippen LogP contribution in [-0.2, 0) is 6.18 Å². The monoisotopic (exact) mass is 546 g/mol. The highest BCUT2D eigenvalue weighted by Crippen LogP contribution is 2.35. The molecule has 2 saturated heterocycles. The van der Waals surface area contributed by atoms with Crippen LogP contribution < -0.4 is 4.90 Å². The number of hydrogen-bond acceptors (Lipinski definition) is 5. The molecule has 2 aliphatic rings. The SMILES string of the molecule is O=C(c1csc(C2CCN(C(=O)c3ccccc3C(F)(F)F)CC2)n1)N1CCN(c2ccc(F)cc2)CC1. The van der Waals surface area contributed by atoms with Crippen LogP contribution in [0.4, 0.5) is 23.2 Å². The molecule has 2 aromatic carbocycles. The third-order valence-corrected chi connectivity index (χ3v) is 8.10. The standard InChI is InChI=1S/C27H26F4N4O2S/c28-19-5-7-20(8-6-19)33-13-15-35(16-14-33)26(37)23-17-38-24(32-23)18-9-11-34(12-10-18)25(36)21-3-1-2-4-22(21)27(29,30)31/h1-8,17-18H,9-16H2. The van der Waals surface area contributed by atoms with Crippen molar-refractivity contribution in [3.63, 3.8) is 0 Å². The first-order valence-corrected chi connectivity index (χ1v) is 13.3. The zero-order valence-electron chi connectivity index (χ0n) is 20.5. The summed E-state index contributed by atoms with van der Waals surface area (Å²) >= 11 is 1.40. The van der Waals surface area contributed by atoms with Gasteiger partial charge in [0.1, 0.15) is 11.5 Å². The number of rotatable bonds is 4. The molecule has 0 unspecified atom stereocenters. The van der Waals surface area contributed by atoms with Crippen molar-refractivity contribution in [1.82, 2.24) is 14.8 Å². The van der Waals surface area contributed by atoms with E-state index in [0.29, 0.717) is 57.8 Å². The lowest BCUT2D eigenvalue weighted by atomic mass is 9.96. The molecule has 3 heterocycles. The third kappa shape index (κ3) is 5.52. The number of alkyl halides is 3. The molecule has 0 radical (unpaired) electrons. The van der Waals surface area contributed by atoms with Gasteiger partial charge in [-0.15, -0.1) is 11.3 Å². The highest BCUT2D eigenvalue weighted by molar-refractivity contribution is 7.09. The Bertz CT molecular complexity index is 1290. The molecule has 5 rings (SSSR count). The molecular formula is C27H26F4N4O2S. The minimum absolute atomic E-state index is 0.0405. The van der Waals surface area contributed by atoms with Crippen molar-refractivity contribution < 1.29 is 27.2 Å². The van der Waals surface area contributed by atoms with Gasteiger partial charge in [0, 0.05) is 56.3 Å². The van der Waals surface area contributed by atoms with Crippen molar-refractivity contribution in [3.05, 3.63) is 81.6 Å².